The Morgan fingerprint density at radius 2 is 1.70 bits per heavy atom. The summed E-state index contributed by atoms with van der Waals surface area (Å²) in [6.45, 7) is -0.508. The van der Waals surface area contributed by atoms with Crippen LogP contribution in [0.25, 0.3) is 0 Å². The molecular formula is C19H18F3NO4. The molecule has 5 nitrogen and oxygen atoms in total. The topological polar surface area (TPSA) is 64.6 Å². The van der Waals surface area contributed by atoms with E-state index in [0.29, 0.717) is 11.3 Å². The average Bonchev–Trinajstić information content (AvgIpc) is 2.65. The Morgan fingerprint density at radius 1 is 1.04 bits per heavy atom. The van der Waals surface area contributed by atoms with E-state index >= 15 is 0 Å². The summed E-state index contributed by atoms with van der Waals surface area (Å²) >= 11 is 0. The van der Waals surface area contributed by atoms with Gasteiger partial charge in [-0.25, -0.2) is 0 Å². The number of carbonyl (C=O) groups excluding carboxylic acids is 2. The van der Waals surface area contributed by atoms with Crippen LogP contribution >= 0.6 is 0 Å². The van der Waals surface area contributed by atoms with Crippen LogP contribution in [-0.2, 0) is 22.3 Å². The average molecular weight is 381 g/mol. The summed E-state index contributed by atoms with van der Waals surface area (Å²) in [6, 6.07) is 11.5. The molecule has 0 atom stereocenters. The van der Waals surface area contributed by atoms with Crippen LogP contribution in [0.3, 0.4) is 0 Å². The second kappa shape index (κ2) is 9.07. The fourth-order valence-corrected chi connectivity index (χ4v) is 2.36. The minimum absolute atomic E-state index is 0.0172. The summed E-state index contributed by atoms with van der Waals surface area (Å²) in [5.41, 5.74) is -0.661. The van der Waals surface area contributed by atoms with Crippen molar-refractivity contribution in [3.8, 4) is 5.75 Å². The smallest absolute Gasteiger partial charge is 0.416 e. The summed E-state index contributed by atoms with van der Waals surface area (Å²) in [6.07, 6.45) is -4.69. The van der Waals surface area contributed by atoms with Gasteiger partial charge in [0, 0.05) is 12.1 Å². The van der Waals surface area contributed by atoms with Crippen molar-refractivity contribution in [3.05, 3.63) is 65.2 Å². The van der Waals surface area contributed by atoms with Gasteiger partial charge in [-0.3, -0.25) is 9.59 Å². The first-order chi connectivity index (χ1) is 12.8. The van der Waals surface area contributed by atoms with Gasteiger partial charge >= 0.3 is 12.1 Å². The molecule has 8 heteroatoms. The number of ether oxygens (including phenoxy) is 2. The molecule has 0 aliphatic carbocycles. The van der Waals surface area contributed by atoms with Gasteiger partial charge in [-0.15, -0.1) is 0 Å². The third kappa shape index (κ3) is 5.73. The maximum absolute atomic E-state index is 12.9. The van der Waals surface area contributed by atoms with Gasteiger partial charge in [0.25, 0.3) is 5.91 Å². The number of hydrogen-bond donors (Lipinski definition) is 1. The number of esters is 1. The zero-order valence-corrected chi connectivity index (χ0v) is 14.5. The second-order valence-corrected chi connectivity index (χ2v) is 5.52. The first-order valence-electron chi connectivity index (χ1n) is 8.05. The van der Waals surface area contributed by atoms with Crippen molar-refractivity contribution < 1.29 is 32.2 Å². The molecule has 2 rings (SSSR count). The third-order valence-electron chi connectivity index (χ3n) is 3.68. The molecule has 0 saturated carbocycles. The molecule has 0 unspecified atom stereocenters. The van der Waals surface area contributed by atoms with Gasteiger partial charge in [0.15, 0.2) is 0 Å². The van der Waals surface area contributed by atoms with Gasteiger partial charge in [-0.1, -0.05) is 30.3 Å². The lowest BCUT2D eigenvalue weighted by Gasteiger charge is -2.13. The normalized spacial score (nSPS) is 11.0. The summed E-state index contributed by atoms with van der Waals surface area (Å²) in [5, 5.41) is 2.54. The van der Waals surface area contributed by atoms with E-state index in [1.54, 1.807) is 24.3 Å². The van der Waals surface area contributed by atoms with Crippen molar-refractivity contribution >= 4 is 11.9 Å². The molecule has 0 aliphatic rings. The minimum Gasteiger partial charge on any atom is -0.496 e. The molecule has 0 bridgehead atoms. The Bertz CT molecular complexity index is 806. The Hall–Kier alpha value is -3.03. The number of halogens is 3. The van der Waals surface area contributed by atoms with E-state index in [2.05, 4.69) is 5.32 Å². The van der Waals surface area contributed by atoms with Crippen LogP contribution in [0.15, 0.2) is 48.5 Å². The van der Waals surface area contributed by atoms with Gasteiger partial charge in [-0.2, -0.15) is 13.2 Å². The second-order valence-electron chi connectivity index (χ2n) is 5.52. The van der Waals surface area contributed by atoms with Gasteiger partial charge in [0.1, 0.15) is 12.4 Å². The number of rotatable bonds is 7. The lowest BCUT2D eigenvalue weighted by Crippen LogP contribution is -2.27. The summed E-state index contributed by atoms with van der Waals surface area (Å²) in [4.78, 5) is 23.8. The predicted molar refractivity (Wildman–Crippen MR) is 91.2 cm³/mol. The van der Waals surface area contributed by atoms with E-state index in [0.717, 1.165) is 6.07 Å². The largest absolute Gasteiger partial charge is 0.496 e. The summed E-state index contributed by atoms with van der Waals surface area (Å²) in [7, 11) is 1.43. The van der Waals surface area contributed by atoms with Crippen molar-refractivity contribution in [2.24, 2.45) is 0 Å². The fraction of sp³-hybridized carbons (Fsp3) is 0.263. The number of carbonyl (C=O) groups is 2. The first kappa shape index (κ1) is 20.3. The van der Waals surface area contributed by atoms with Gasteiger partial charge in [-0.05, 0) is 18.2 Å². The SMILES string of the molecule is COc1ccccc1C(=O)NCCC(=O)OCc1ccccc1C(F)(F)F. The zero-order valence-electron chi connectivity index (χ0n) is 14.5. The van der Waals surface area contributed by atoms with Crippen molar-refractivity contribution in [2.45, 2.75) is 19.2 Å². The molecule has 0 fully saturated rings. The van der Waals surface area contributed by atoms with E-state index in [9.17, 15) is 22.8 Å². The quantitative estimate of drug-likeness (QED) is 0.745. The highest BCUT2D eigenvalue weighted by Gasteiger charge is 2.33. The van der Waals surface area contributed by atoms with Gasteiger partial charge < -0.3 is 14.8 Å². The lowest BCUT2D eigenvalue weighted by molar-refractivity contribution is -0.147. The standard InChI is InChI=1S/C19H18F3NO4/c1-26-16-9-5-3-7-14(16)18(25)23-11-10-17(24)27-12-13-6-2-4-8-15(13)19(20,21)22/h2-9H,10-12H2,1H3,(H,23,25). The molecule has 2 aromatic rings. The highest BCUT2D eigenvalue weighted by molar-refractivity contribution is 5.97. The van der Waals surface area contributed by atoms with Gasteiger partial charge in [0.2, 0.25) is 0 Å². The highest BCUT2D eigenvalue weighted by atomic mass is 19.4. The Balaban J connectivity index is 1.83. The number of amides is 1. The lowest BCUT2D eigenvalue weighted by atomic mass is 10.1. The maximum Gasteiger partial charge on any atom is 0.416 e. The van der Waals surface area contributed by atoms with Crippen molar-refractivity contribution in [2.75, 3.05) is 13.7 Å². The molecule has 0 spiro atoms. The van der Waals surface area contributed by atoms with Crippen LogP contribution in [0.4, 0.5) is 13.2 Å². The molecule has 27 heavy (non-hydrogen) atoms. The first-order valence-corrected chi connectivity index (χ1v) is 8.05. The molecule has 0 radical (unpaired) electrons. The molecule has 0 saturated heterocycles. The van der Waals surface area contributed by atoms with E-state index in [-0.39, 0.29) is 18.5 Å². The zero-order chi connectivity index (χ0) is 19.9. The molecule has 2 aromatic carbocycles. The third-order valence-corrected chi connectivity index (χ3v) is 3.68. The number of nitrogens with one attached hydrogen (secondary N) is 1. The van der Waals surface area contributed by atoms with E-state index in [1.807, 2.05) is 0 Å². The van der Waals surface area contributed by atoms with Gasteiger partial charge in [0.05, 0.1) is 24.7 Å². The molecule has 0 aliphatic heterocycles. The monoisotopic (exact) mass is 381 g/mol. The number of benzene rings is 2. The number of para-hydroxylation sites is 1. The van der Waals surface area contributed by atoms with Crippen LogP contribution in [0.2, 0.25) is 0 Å². The highest BCUT2D eigenvalue weighted by Crippen LogP contribution is 2.32. The summed E-state index contributed by atoms with van der Waals surface area (Å²) < 4.78 is 48.6. The van der Waals surface area contributed by atoms with E-state index < -0.39 is 30.2 Å². The van der Waals surface area contributed by atoms with E-state index in [4.69, 9.17) is 9.47 Å². The molecular weight excluding hydrogens is 363 g/mol. The summed E-state index contributed by atoms with van der Waals surface area (Å²) in [5.74, 6) is -0.753. The molecule has 1 N–H and O–H groups in total. The van der Waals surface area contributed by atoms with E-state index in [1.165, 1.54) is 25.3 Å². The van der Waals surface area contributed by atoms with Crippen LogP contribution in [-0.4, -0.2) is 25.5 Å². The molecule has 1 amide bonds. The number of methoxy groups -OCH3 is 1. The fourth-order valence-electron chi connectivity index (χ4n) is 2.36. The number of alkyl halides is 3. The Morgan fingerprint density at radius 3 is 2.41 bits per heavy atom. The molecule has 0 heterocycles. The molecule has 144 valence electrons. The maximum atomic E-state index is 12.9. The van der Waals surface area contributed by atoms with Crippen LogP contribution in [0.1, 0.15) is 27.9 Å². The van der Waals surface area contributed by atoms with Crippen LogP contribution in [0.5, 0.6) is 5.75 Å². The van der Waals surface area contributed by atoms with Crippen molar-refractivity contribution in [1.82, 2.24) is 5.32 Å². The van der Waals surface area contributed by atoms with Crippen LogP contribution in [0, 0.1) is 0 Å². The van der Waals surface area contributed by atoms with Crippen molar-refractivity contribution in [1.29, 1.82) is 0 Å². The Kier molecular flexibility index (Phi) is 6.81. The molecule has 0 aromatic heterocycles. The Labute approximate surface area is 154 Å². The van der Waals surface area contributed by atoms with Crippen LogP contribution < -0.4 is 10.1 Å². The number of hydrogen-bond acceptors (Lipinski definition) is 4. The minimum atomic E-state index is -4.52. The predicted octanol–water partition coefficient (Wildman–Crippen LogP) is 3.58. The van der Waals surface area contributed by atoms with Crippen molar-refractivity contribution in [3.63, 3.8) is 0 Å².